The van der Waals surface area contributed by atoms with Crippen molar-refractivity contribution in [3.63, 3.8) is 0 Å². The van der Waals surface area contributed by atoms with Crippen molar-refractivity contribution >= 4 is 11.0 Å². The number of methoxy groups -OCH3 is 2. The molecule has 160 valence electrons. The zero-order valence-electron chi connectivity index (χ0n) is 18.3. The summed E-state index contributed by atoms with van der Waals surface area (Å²) in [7, 11) is 5.43. The van der Waals surface area contributed by atoms with E-state index in [1.165, 1.54) is 11.1 Å². The summed E-state index contributed by atoms with van der Waals surface area (Å²) in [5, 5.41) is 1.07. The van der Waals surface area contributed by atoms with Gasteiger partial charge in [0.05, 0.1) is 14.2 Å². The van der Waals surface area contributed by atoms with E-state index in [0.29, 0.717) is 11.5 Å². The van der Waals surface area contributed by atoms with Crippen molar-refractivity contribution in [1.29, 1.82) is 0 Å². The average molecular weight is 418 g/mol. The van der Waals surface area contributed by atoms with Crippen LogP contribution in [0.25, 0.3) is 11.0 Å². The first-order valence-corrected chi connectivity index (χ1v) is 10.2. The van der Waals surface area contributed by atoms with Gasteiger partial charge in [-0.25, -0.2) is 0 Å². The Bertz CT molecular complexity index is 1160. The van der Waals surface area contributed by atoms with Gasteiger partial charge in [0.2, 0.25) is 0 Å². The van der Waals surface area contributed by atoms with Gasteiger partial charge in [0.15, 0.2) is 11.3 Å². The van der Waals surface area contributed by atoms with Crippen LogP contribution in [0.3, 0.4) is 0 Å². The molecule has 4 aromatic rings. The van der Waals surface area contributed by atoms with Gasteiger partial charge >= 0.3 is 0 Å². The van der Waals surface area contributed by atoms with Crippen molar-refractivity contribution in [3.05, 3.63) is 83.6 Å². The molecule has 0 N–H and O–H groups in total. The molecule has 0 unspecified atom stereocenters. The van der Waals surface area contributed by atoms with Crippen LogP contribution in [0, 0.1) is 6.92 Å². The number of nitrogens with zero attached hydrogens (tertiary/aromatic N) is 1. The maximum atomic E-state index is 6.14. The molecule has 0 spiro atoms. The van der Waals surface area contributed by atoms with E-state index in [-0.39, 0.29) is 0 Å². The molecular weight excluding hydrogens is 390 g/mol. The molecule has 0 saturated heterocycles. The quantitative estimate of drug-likeness (QED) is 0.342. The molecule has 4 rings (SSSR count). The van der Waals surface area contributed by atoms with E-state index < -0.39 is 0 Å². The minimum Gasteiger partial charge on any atom is -0.497 e. The monoisotopic (exact) mass is 417 g/mol. The summed E-state index contributed by atoms with van der Waals surface area (Å²) in [6.07, 6.45) is 0. The highest BCUT2D eigenvalue weighted by Crippen LogP contribution is 2.36. The molecular formula is C26H27NO4. The number of hydrogen-bond acceptors (Lipinski definition) is 5. The molecule has 0 atom stereocenters. The third kappa shape index (κ3) is 4.67. The summed E-state index contributed by atoms with van der Waals surface area (Å²) in [6.45, 7) is 3.61. The first-order valence-electron chi connectivity index (χ1n) is 10.2. The topological polar surface area (TPSA) is 44.1 Å². The fraction of sp³-hybridized carbons (Fsp3) is 0.231. The average Bonchev–Trinajstić information content (AvgIpc) is 3.10. The normalized spacial score (nSPS) is 11.1. The Balaban J connectivity index is 1.55. The third-order valence-corrected chi connectivity index (χ3v) is 5.29. The summed E-state index contributed by atoms with van der Waals surface area (Å²) in [6, 6.07) is 21.7. The van der Waals surface area contributed by atoms with Gasteiger partial charge < -0.3 is 18.6 Å². The summed E-state index contributed by atoms with van der Waals surface area (Å²) in [4.78, 5) is 2.27. The lowest BCUT2D eigenvalue weighted by Gasteiger charge is -2.17. The molecule has 1 aromatic heterocycles. The SMILES string of the molecule is COc1ccc(CN(C)Cc2c(C)oc3c(Oc4cccc(OC)c4)cccc23)cc1. The Kier molecular flexibility index (Phi) is 6.14. The molecule has 5 heteroatoms. The van der Waals surface area contributed by atoms with Gasteiger partial charge in [-0.05, 0) is 49.9 Å². The predicted octanol–water partition coefficient (Wildman–Crippen LogP) is 6.18. The van der Waals surface area contributed by atoms with Crippen molar-refractivity contribution in [2.24, 2.45) is 0 Å². The second-order valence-corrected chi connectivity index (χ2v) is 7.57. The van der Waals surface area contributed by atoms with E-state index >= 15 is 0 Å². The van der Waals surface area contributed by atoms with Crippen LogP contribution in [0.4, 0.5) is 0 Å². The lowest BCUT2D eigenvalue weighted by atomic mass is 10.1. The predicted molar refractivity (Wildman–Crippen MR) is 122 cm³/mol. The van der Waals surface area contributed by atoms with Crippen molar-refractivity contribution in [3.8, 4) is 23.0 Å². The highest BCUT2D eigenvalue weighted by molar-refractivity contribution is 5.87. The largest absolute Gasteiger partial charge is 0.497 e. The van der Waals surface area contributed by atoms with Crippen LogP contribution in [0.2, 0.25) is 0 Å². The van der Waals surface area contributed by atoms with Gasteiger partial charge in [-0.3, -0.25) is 4.90 Å². The lowest BCUT2D eigenvalue weighted by Crippen LogP contribution is -2.17. The van der Waals surface area contributed by atoms with Crippen LogP contribution in [-0.4, -0.2) is 26.2 Å². The Labute approximate surface area is 182 Å². The molecule has 0 fully saturated rings. The van der Waals surface area contributed by atoms with Gasteiger partial charge in [0.1, 0.15) is 23.0 Å². The minimum atomic E-state index is 0.693. The fourth-order valence-electron chi connectivity index (χ4n) is 3.70. The number of furan rings is 1. The minimum absolute atomic E-state index is 0.693. The zero-order valence-corrected chi connectivity index (χ0v) is 18.3. The van der Waals surface area contributed by atoms with Gasteiger partial charge in [0, 0.05) is 30.1 Å². The second-order valence-electron chi connectivity index (χ2n) is 7.57. The molecule has 31 heavy (non-hydrogen) atoms. The first kappa shape index (κ1) is 20.8. The van der Waals surface area contributed by atoms with Gasteiger partial charge in [0.25, 0.3) is 0 Å². The Morgan fingerprint density at radius 3 is 2.26 bits per heavy atom. The molecule has 3 aromatic carbocycles. The number of rotatable bonds is 8. The highest BCUT2D eigenvalue weighted by Gasteiger charge is 2.17. The fourth-order valence-corrected chi connectivity index (χ4v) is 3.70. The molecule has 0 amide bonds. The summed E-state index contributed by atoms with van der Waals surface area (Å²) < 4.78 is 22.8. The smallest absolute Gasteiger partial charge is 0.177 e. The van der Waals surface area contributed by atoms with Gasteiger partial charge in [-0.15, -0.1) is 0 Å². The van der Waals surface area contributed by atoms with Crippen LogP contribution in [0.1, 0.15) is 16.9 Å². The molecule has 0 aliphatic heterocycles. The number of fused-ring (bicyclic) bond motifs is 1. The van der Waals surface area contributed by atoms with Crippen LogP contribution in [-0.2, 0) is 13.1 Å². The maximum Gasteiger partial charge on any atom is 0.177 e. The van der Waals surface area contributed by atoms with Gasteiger partial charge in [-0.1, -0.05) is 30.3 Å². The molecule has 5 nitrogen and oxygen atoms in total. The Morgan fingerprint density at radius 1 is 0.806 bits per heavy atom. The molecule has 0 bridgehead atoms. The van der Waals surface area contributed by atoms with E-state index in [1.807, 2.05) is 55.5 Å². The van der Waals surface area contributed by atoms with Crippen LogP contribution < -0.4 is 14.2 Å². The molecule has 1 heterocycles. The van der Waals surface area contributed by atoms with E-state index in [9.17, 15) is 0 Å². The van der Waals surface area contributed by atoms with E-state index in [0.717, 1.165) is 41.3 Å². The number of benzene rings is 3. The lowest BCUT2D eigenvalue weighted by molar-refractivity contribution is 0.317. The van der Waals surface area contributed by atoms with Gasteiger partial charge in [-0.2, -0.15) is 0 Å². The highest BCUT2D eigenvalue weighted by atomic mass is 16.5. The van der Waals surface area contributed by atoms with Crippen molar-refractivity contribution in [2.45, 2.75) is 20.0 Å². The number of para-hydroxylation sites is 1. The van der Waals surface area contributed by atoms with Crippen LogP contribution >= 0.6 is 0 Å². The zero-order chi connectivity index (χ0) is 21.8. The summed E-state index contributed by atoms with van der Waals surface area (Å²) >= 11 is 0. The second kappa shape index (κ2) is 9.14. The molecule has 0 radical (unpaired) electrons. The number of ether oxygens (including phenoxy) is 3. The molecule has 0 aliphatic rings. The summed E-state index contributed by atoms with van der Waals surface area (Å²) in [5.41, 5.74) is 3.16. The van der Waals surface area contributed by atoms with E-state index in [1.54, 1.807) is 14.2 Å². The van der Waals surface area contributed by atoms with Crippen molar-refractivity contribution < 1.29 is 18.6 Å². The maximum absolute atomic E-state index is 6.14. The third-order valence-electron chi connectivity index (χ3n) is 5.29. The standard InChI is InChI=1S/C26H27NO4/c1-18-24(17-27(2)16-19-11-13-20(28-3)14-12-19)23-9-6-10-25(26(23)30-18)31-22-8-5-7-21(15-22)29-4/h5-15H,16-17H2,1-4H3. The molecule has 0 saturated carbocycles. The van der Waals surface area contributed by atoms with Crippen LogP contribution in [0.15, 0.2) is 71.1 Å². The van der Waals surface area contributed by atoms with Crippen molar-refractivity contribution in [1.82, 2.24) is 4.90 Å². The van der Waals surface area contributed by atoms with E-state index in [4.69, 9.17) is 18.6 Å². The Morgan fingerprint density at radius 2 is 1.52 bits per heavy atom. The summed E-state index contributed by atoms with van der Waals surface area (Å²) in [5.74, 6) is 3.92. The van der Waals surface area contributed by atoms with Crippen LogP contribution in [0.5, 0.6) is 23.0 Å². The van der Waals surface area contributed by atoms with Crippen molar-refractivity contribution in [2.75, 3.05) is 21.3 Å². The van der Waals surface area contributed by atoms with E-state index in [2.05, 4.69) is 30.1 Å². The molecule has 0 aliphatic carbocycles. The Hall–Kier alpha value is -3.44. The first-order chi connectivity index (χ1) is 15.1. The number of hydrogen-bond donors (Lipinski definition) is 0. The number of aryl methyl sites for hydroxylation is 1.